The zero-order valence-corrected chi connectivity index (χ0v) is 11.8. The first-order valence-corrected chi connectivity index (χ1v) is 6.45. The lowest BCUT2D eigenvalue weighted by molar-refractivity contribution is 0.456. The summed E-state index contributed by atoms with van der Waals surface area (Å²) in [5, 5.41) is 3.02. The number of nitrogens with one attached hydrogen (secondary N) is 1. The lowest BCUT2D eigenvalue weighted by atomic mass is 10.2. The minimum atomic E-state index is -0.926. The molecule has 100 valence electrons. The fourth-order valence-corrected chi connectivity index (χ4v) is 2.05. The van der Waals surface area contributed by atoms with Crippen LogP contribution in [0.3, 0.4) is 0 Å². The highest BCUT2D eigenvalue weighted by Crippen LogP contribution is 2.28. The number of rotatable bonds is 4. The second kappa shape index (κ2) is 6.12. The lowest BCUT2D eigenvalue weighted by Gasteiger charge is -2.11. The van der Waals surface area contributed by atoms with Gasteiger partial charge in [-0.3, -0.25) is 0 Å². The van der Waals surface area contributed by atoms with Crippen molar-refractivity contribution in [3.05, 3.63) is 58.1 Å². The van der Waals surface area contributed by atoms with Gasteiger partial charge in [0.1, 0.15) is 11.5 Å². The second-order valence-electron chi connectivity index (χ2n) is 3.96. The number of hydrogen-bond donors (Lipinski definition) is 1. The molecule has 0 unspecified atom stereocenters. The Hall–Kier alpha value is -1.46. The van der Waals surface area contributed by atoms with E-state index in [2.05, 4.69) is 21.2 Å². The molecule has 0 aliphatic rings. The topological polar surface area (TPSA) is 21.3 Å². The van der Waals surface area contributed by atoms with Gasteiger partial charge in [0.05, 0.1) is 0 Å². The fourth-order valence-electron chi connectivity index (χ4n) is 1.64. The molecule has 0 aliphatic carbocycles. The molecule has 0 heterocycles. The molecule has 0 bridgehead atoms. The summed E-state index contributed by atoms with van der Waals surface area (Å²) in [6, 6.07) is 8.98. The SMILES string of the molecule is CNCc1cc(Br)ccc1Oc1ccc(F)c(F)c1. The van der Waals surface area contributed by atoms with Crippen molar-refractivity contribution in [1.29, 1.82) is 0 Å². The molecule has 2 rings (SSSR count). The Balaban J connectivity index is 2.29. The van der Waals surface area contributed by atoms with Crippen LogP contribution in [0.5, 0.6) is 11.5 Å². The standard InChI is InChI=1S/C14H12BrF2NO/c1-18-8-9-6-10(15)2-5-14(9)19-11-3-4-12(16)13(17)7-11/h2-7,18H,8H2,1H3. The van der Waals surface area contributed by atoms with Crippen LogP contribution < -0.4 is 10.1 Å². The first kappa shape index (κ1) is 14.0. The van der Waals surface area contributed by atoms with Gasteiger partial charge in [-0.25, -0.2) is 8.78 Å². The molecule has 19 heavy (non-hydrogen) atoms. The Labute approximate surface area is 118 Å². The molecule has 0 aromatic heterocycles. The third-order valence-electron chi connectivity index (χ3n) is 2.51. The van der Waals surface area contributed by atoms with Crippen LogP contribution in [0.1, 0.15) is 5.56 Å². The Morgan fingerprint density at radius 1 is 1.11 bits per heavy atom. The number of hydrogen-bond acceptors (Lipinski definition) is 2. The maximum absolute atomic E-state index is 13.1. The predicted molar refractivity (Wildman–Crippen MR) is 73.3 cm³/mol. The number of ether oxygens (including phenoxy) is 1. The maximum Gasteiger partial charge on any atom is 0.162 e. The van der Waals surface area contributed by atoms with Crippen LogP contribution in [-0.2, 0) is 6.54 Å². The van der Waals surface area contributed by atoms with Gasteiger partial charge in [0.25, 0.3) is 0 Å². The average molecular weight is 328 g/mol. The van der Waals surface area contributed by atoms with Crippen LogP contribution in [0, 0.1) is 11.6 Å². The van der Waals surface area contributed by atoms with Crippen molar-refractivity contribution in [1.82, 2.24) is 5.32 Å². The minimum absolute atomic E-state index is 0.263. The zero-order valence-electron chi connectivity index (χ0n) is 10.2. The Bertz CT molecular complexity index is 590. The van der Waals surface area contributed by atoms with E-state index in [9.17, 15) is 8.78 Å². The van der Waals surface area contributed by atoms with Crippen LogP contribution >= 0.6 is 15.9 Å². The largest absolute Gasteiger partial charge is 0.457 e. The van der Waals surface area contributed by atoms with Crippen LogP contribution in [0.2, 0.25) is 0 Å². The second-order valence-corrected chi connectivity index (χ2v) is 4.88. The Morgan fingerprint density at radius 2 is 1.89 bits per heavy atom. The summed E-state index contributed by atoms with van der Waals surface area (Å²) in [7, 11) is 1.82. The molecule has 0 atom stereocenters. The highest BCUT2D eigenvalue weighted by atomic mass is 79.9. The molecule has 0 spiro atoms. The van der Waals surface area contributed by atoms with E-state index in [0.717, 1.165) is 22.2 Å². The molecule has 2 aromatic rings. The summed E-state index contributed by atoms with van der Waals surface area (Å²) in [4.78, 5) is 0. The smallest absolute Gasteiger partial charge is 0.162 e. The first-order chi connectivity index (χ1) is 9.10. The first-order valence-electron chi connectivity index (χ1n) is 5.66. The molecule has 0 saturated carbocycles. The van der Waals surface area contributed by atoms with E-state index in [1.54, 1.807) is 6.07 Å². The van der Waals surface area contributed by atoms with Crippen LogP contribution in [0.25, 0.3) is 0 Å². The zero-order chi connectivity index (χ0) is 13.8. The number of halogens is 3. The van der Waals surface area contributed by atoms with E-state index in [1.807, 2.05) is 19.2 Å². The molecule has 5 heteroatoms. The van der Waals surface area contributed by atoms with Crippen molar-refractivity contribution in [2.75, 3.05) is 7.05 Å². The van der Waals surface area contributed by atoms with Crippen molar-refractivity contribution in [3.63, 3.8) is 0 Å². The van der Waals surface area contributed by atoms with Gasteiger partial charge < -0.3 is 10.1 Å². The molecule has 1 N–H and O–H groups in total. The van der Waals surface area contributed by atoms with Crippen molar-refractivity contribution in [3.8, 4) is 11.5 Å². The van der Waals surface area contributed by atoms with Gasteiger partial charge in [0.15, 0.2) is 11.6 Å². The van der Waals surface area contributed by atoms with Crippen molar-refractivity contribution < 1.29 is 13.5 Å². The molecule has 0 radical (unpaired) electrons. The molecule has 0 amide bonds. The molecular weight excluding hydrogens is 316 g/mol. The summed E-state index contributed by atoms with van der Waals surface area (Å²) < 4.78 is 32.5. The monoisotopic (exact) mass is 327 g/mol. The summed E-state index contributed by atoms with van der Waals surface area (Å²) in [5.74, 6) is -0.953. The maximum atomic E-state index is 13.1. The van der Waals surface area contributed by atoms with Gasteiger partial charge in [-0.1, -0.05) is 15.9 Å². The van der Waals surface area contributed by atoms with E-state index in [4.69, 9.17) is 4.74 Å². The van der Waals surface area contributed by atoms with Crippen molar-refractivity contribution in [2.45, 2.75) is 6.54 Å². The molecule has 0 saturated heterocycles. The van der Waals surface area contributed by atoms with Crippen molar-refractivity contribution in [2.24, 2.45) is 0 Å². The predicted octanol–water partition coefficient (Wildman–Crippen LogP) is 4.24. The van der Waals surface area contributed by atoms with Gasteiger partial charge in [0, 0.05) is 22.6 Å². The minimum Gasteiger partial charge on any atom is -0.457 e. The average Bonchev–Trinajstić information content (AvgIpc) is 2.37. The summed E-state index contributed by atoms with van der Waals surface area (Å²) in [6.45, 7) is 0.610. The molecular formula is C14H12BrF2NO. The highest BCUT2D eigenvalue weighted by molar-refractivity contribution is 9.10. The summed E-state index contributed by atoms with van der Waals surface area (Å²) >= 11 is 3.38. The molecule has 0 aliphatic heterocycles. The van der Waals surface area contributed by atoms with E-state index < -0.39 is 11.6 Å². The van der Waals surface area contributed by atoms with Gasteiger partial charge in [-0.2, -0.15) is 0 Å². The van der Waals surface area contributed by atoms with E-state index in [0.29, 0.717) is 12.3 Å². The molecule has 2 aromatic carbocycles. The van der Waals surface area contributed by atoms with Gasteiger partial charge >= 0.3 is 0 Å². The third-order valence-corrected chi connectivity index (χ3v) is 3.00. The van der Waals surface area contributed by atoms with Gasteiger partial charge in [0.2, 0.25) is 0 Å². The van der Waals surface area contributed by atoms with Crippen molar-refractivity contribution >= 4 is 15.9 Å². The Kier molecular flexibility index (Phi) is 4.50. The van der Waals surface area contributed by atoms with Gasteiger partial charge in [-0.15, -0.1) is 0 Å². The van der Waals surface area contributed by atoms with Crippen LogP contribution in [-0.4, -0.2) is 7.05 Å². The normalized spacial score (nSPS) is 10.5. The molecule has 0 fully saturated rings. The Morgan fingerprint density at radius 3 is 2.58 bits per heavy atom. The summed E-state index contributed by atoms with van der Waals surface area (Å²) in [5.41, 5.74) is 0.918. The summed E-state index contributed by atoms with van der Waals surface area (Å²) in [6.07, 6.45) is 0. The van der Waals surface area contributed by atoms with E-state index >= 15 is 0 Å². The van der Waals surface area contributed by atoms with Crippen LogP contribution in [0.15, 0.2) is 40.9 Å². The lowest BCUT2D eigenvalue weighted by Crippen LogP contribution is -2.06. The molecule has 2 nitrogen and oxygen atoms in total. The highest BCUT2D eigenvalue weighted by Gasteiger charge is 2.08. The van der Waals surface area contributed by atoms with E-state index in [1.165, 1.54) is 6.07 Å². The van der Waals surface area contributed by atoms with Crippen LogP contribution in [0.4, 0.5) is 8.78 Å². The number of benzene rings is 2. The quantitative estimate of drug-likeness (QED) is 0.906. The van der Waals surface area contributed by atoms with E-state index in [-0.39, 0.29) is 5.75 Å². The fraction of sp³-hybridized carbons (Fsp3) is 0.143. The van der Waals surface area contributed by atoms with Gasteiger partial charge in [-0.05, 0) is 37.4 Å². The third kappa shape index (κ3) is 3.52.